The zero-order valence-electron chi connectivity index (χ0n) is 16.9. The Balaban J connectivity index is 0.00000196. The standard InChI is InChI=1S/C23H29NO2.ClH/c25-23(21-12-5-2-6-13-21)26-19-9-18-24-17-8-7-14-22(24)16-15-20-10-3-1-4-11-20;/h1-6,10-13,22H,7-9,14-19H2;1H. The highest BCUT2D eigenvalue weighted by Crippen LogP contribution is 2.21. The number of piperidine rings is 1. The number of rotatable bonds is 8. The molecule has 0 aliphatic carbocycles. The van der Waals surface area contributed by atoms with Gasteiger partial charge in [-0.05, 0) is 56.3 Å². The molecule has 1 atom stereocenters. The van der Waals surface area contributed by atoms with Gasteiger partial charge in [-0.2, -0.15) is 0 Å². The third kappa shape index (κ3) is 7.00. The van der Waals surface area contributed by atoms with Gasteiger partial charge in [0.15, 0.2) is 0 Å². The summed E-state index contributed by atoms with van der Waals surface area (Å²) < 4.78 is 5.42. The van der Waals surface area contributed by atoms with E-state index in [2.05, 4.69) is 35.2 Å². The SMILES string of the molecule is O=C(OCCCN1CCCCC1CCc1ccccc1)c1ccccc1.[Cl-].[H+]. The van der Waals surface area contributed by atoms with Crippen molar-refractivity contribution in [3.05, 3.63) is 71.8 Å². The number of benzene rings is 2. The Morgan fingerprint density at radius 2 is 1.74 bits per heavy atom. The van der Waals surface area contributed by atoms with Crippen molar-refractivity contribution in [1.82, 2.24) is 4.90 Å². The Labute approximate surface area is 170 Å². The normalized spacial score (nSPS) is 17.1. The molecule has 1 fully saturated rings. The number of likely N-dealkylation sites (tertiary alicyclic amines) is 1. The summed E-state index contributed by atoms with van der Waals surface area (Å²) in [6, 6.07) is 20.6. The summed E-state index contributed by atoms with van der Waals surface area (Å²) >= 11 is 0. The van der Waals surface area contributed by atoms with Gasteiger partial charge >= 0.3 is 7.40 Å². The van der Waals surface area contributed by atoms with Crippen LogP contribution in [0.2, 0.25) is 0 Å². The maximum absolute atomic E-state index is 12.0. The van der Waals surface area contributed by atoms with E-state index in [4.69, 9.17) is 4.74 Å². The van der Waals surface area contributed by atoms with Gasteiger partial charge in [0.1, 0.15) is 0 Å². The average molecular weight is 388 g/mol. The molecule has 1 unspecified atom stereocenters. The second-order valence-corrected chi connectivity index (χ2v) is 7.07. The van der Waals surface area contributed by atoms with E-state index in [1.165, 1.54) is 37.8 Å². The number of carbonyl (C=O) groups is 1. The lowest BCUT2D eigenvalue weighted by Crippen LogP contribution is -3.00. The highest BCUT2D eigenvalue weighted by atomic mass is 35.5. The van der Waals surface area contributed by atoms with Gasteiger partial charge in [-0.1, -0.05) is 55.0 Å². The fraction of sp³-hybridized carbons (Fsp3) is 0.435. The van der Waals surface area contributed by atoms with Crippen LogP contribution in [0, 0.1) is 0 Å². The van der Waals surface area contributed by atoms with Crippen molar-refractivity contribution in [2.24, 2.45) is 0 Å². The quantitative estimate of drug-likeness (QED) is 0.511. The summed E-state index contributed by atoms with van der Waals surface area (Å²) in [5.41, 5.74) is 2.06. The van der Waals surface area contributed by atoms with Crippen LogP contribution in [0.4, 0.5) is 0 Å². The Morgan fingerprint density at radius 1 is 1.04 bits per heavy atom. The summed E-state index contributed by atoms with van der Waals surface area (Å²) in [5, 5.41) is 0. The van der Waals surface area contributed by atoms with Gasteiger partial charge in [-0.3, -0.25) is 0 Å². The molecule has 0 spiro atoms. The zero-order valence-corrected chi connectivity index (χ0v) is 16.6. The summed E-state index contributed by atoms with van der Waals surface area (Å²) in [7, 11) is 0. The second-order valence-electron chi connectivity index (χ2n) is 7.07. The van der Waals surface area contributed by atoms with Crippen LogP contribution in [-0.4, -0.2) is 36.6 Å². The molecule has 1 heterocycles. The van der Waals surface area contributed by atoms with E-state index in [0.29, 0.717) is 18.2 Å². The van der Waals surface area contributed by atoms with Crippen molar-refractivity contribution < 1.29 is 23.4 Å². The van der Waals surface area contributed by atoms with Gasteiger partial charge in [0.25, 0.3) is 0 Å². The molecule has 27 heavy (non-hydrogen) atoms. The maximum atomic E-state index is 12.0. The fourth-order valence-electron chi connectivity index (χ4n) is 3.75. The highest BCUT2D eigenvalue weighted by Gasteiger charge is 2.21. The highest BCUT2D eigenvalue weighted by molar-refractivity contribution is 5.89. The Hall–Kier alpha value is -1.84. The predicted molar refractivity (Wildman–Crippen MR) is 106 cm³/mol. The van der Waals surface area contributed by atoms with E-state index in [0.717, 1.165) is 19.4 Å². The topological polar surface area (TPSA) is 29.5 Å². The number of hydrogen-bond donors (Lipinski definition) is 0. The molecule has 2 aromatic rings. The Kier molecular flexibility index (Phi) is 9.37. The molecule has 0 N–H and O–H groups in total. The molecule has 1 aliphatic heterocycles. The minimum absolute atomic E-state index is 0. The van der Waals surface area contributed by atoms with E-state index in [1.54, 1.807) is 12.1 Å². The van der Waals surface area contributed by atoms with Crippen LogP contribution >= 0.6 is 0 Å². The Bertz CT molecular complexity index is 669. The first-order valence-electron chi connectivity index (χ1n) is 9.83. The molecule has 1 saturated heterocycles. The molecule has 0 saturated carbocycles. The van der Waals surface area contributed by atoms with Crippen LogP contribution in [0.1, 0.15) is 49.5 Å². The number of aryl methyl sites for hydroxylation is 1. The number of halogens is 1. The van der Waals surface area contributed by atoms with Gasteiger partial charge < -0.3 is 22.0 Å². The molecule has 0 aromatic heterocycles. The van der Waals surface area contributed by atoms with Crippen molar-refractivity contribution in [1.29, 1.82) is 0 Å². The lowest BCUT2D eigenvalue weighted by atomic mass is 9.95. The molecule has 0 amide bonds. The van der Waals surface area contributed by atoms with Crippen LogP contribution in [0.5, 0.6) is 0 Å². The van der Waals surface area contributed by atoms with Crippen LogP contribution < -0.4 is 12.4 Å². The fourth-order valence-corrected chi connectivity index (χ4v) is 3.75. The van der Waals surface area contributed by atoms with E-state index >= 15 is 0 Å². The van der Waals surface area contributed by atoms with Crippen LogP contribution in [-0.2, 0) is 11.2 Å². The molecule has 2 aromatic carbocycles. The molecule has 146 valence electrons. The summed E-state index contributed by atoms with van der Waals surface area (Å²) in [5.74, 6) is -0.218. The first-order chi connectivity index (χ1) is 12.8. The molecule has 3 nitrogen and oxygen atoms in total. The first kappa shape index (κ1) is 21.5. The third-order valence-corrected chi connectivity index (χ3v) is 5.19. The van der Waals surface area contributed by atoms with E-state index < -0.39 is 0 Å². The summed E-state index contributed by atoms with van der Waals surface area (Å²) in [6.45, 7) is 2.68. The summed E-state index contributed by atoms with van der Waals surface area (Å²) in [4.78, 5) is 14.6. The van der Waals surface area contributed by atoms with Gasteiger partial charge in [-0.15, -0.1) is 0 Å². The lowest BCUT2D eigenvalue weighted by Gasteiger charge is -2.36. The Morgan fingerprint density at radius 3 is 2.48 bits per heavy atom. The van der Waals surface area contributed by atoms with Crippen LogP contribution in [0.3, 0.4) is 0 Å². The predicted octanol–water partition coefficient (Wildman–Crippen LogP) is 1.84. The molecule has 0 radical (unpaired) electrons. The minimum atomic E-state index is -0.218. The molecule has 3 rings (SSSR count). The van der Waals surface area contributed by atoms with Crippen LogP contribution in [0.25, 0.3) is 0 Å². The molecule has 0 bridgehead atoms. The van der Waals surface area contributed by atoms with E-state index in [1.807, 2.05) is 18.2 Å². The van der Waals surface area contributed by atoms with Gasteiger partial charge in [0.05, 0.1) is 12.2 Å². The van der Waals surface area contributed by atoms with Crippen molar-refractivity contribution in [2.75, 3.05) is 19.7 Å². The van der Waals surface area contributed by atoms with Crippen molar-refractivity contribution in [3.63, 3.8) is 0 Å². The molecule has 4 heteroatoms. The van der Waals surface area contributed by atoms with Gasteiger partial charge in [0.2, 0.25) is 0 Å². The lowest BCUT2D eigenvalue weighted by molar-refractivity contribution is -0.0000246. The number of hydrogen-bond acceptors (Lipinski definition) is 3. The third-order valence-electron chi connectivity index (χ3n) is 5.19. The number of nitrogens with zero attached hydrogens (tertiary/aromatic N) is 1. The van der Waals surface area contributed by atoms with Crippen molar-refractivity contribution in [3.8, 4) is 0 Å². The number of carbonyl (C=O) groups excluding carboxylic acids is 1. The van der Waals surface area contributed by atoms with Gasteiger partial charge in [-0.25, -0.2) is 4.79 Å². The molecule has 1 aliphatic rings. The largest absolute Gasteiger partial charge is 1.00 e. The number of esters is 1. The summed E-state index contributed by atoms with van der Waals surface area (Å²) in [6.07, 6.45) is 7.17. The van der Waals surface area contributed by atoms with Gasteiger partial charge in [0, 0.05) is 12.6 Å². The zero-order chi connectivity index (χ0) is 18.0. The molecular formula is C23H30ClNO2. The van der Waals surface area contributed by atoms with Crippen molar-refractivity contribution in [2.45, 2.75) is 44.6 Å². The minimum Gasteiger partial charge on any atom is -1.00 e. The van der Waals surface area contributed by atoms with E-state index in [9.17, 15) is 4.79 Å². The smallest absolute Gasteiger partial charge is 1.00 e. The monoisotopic (exact) mass is 387 g/mol. The second kappa shape index (κ2) is 11.8. The van der Waals surface area contributed by atoms with Crippen molar-refractivity contribution >= 4 is 5.97 Å². The maximum Gasteiger partial charge on any atom is 1.00 e. The average Bonchev–Trinajstić information content (AvgIpc) is 2.71. The number of ether oxygens (including phenoxy) is 1. The first-order valence-corrected chi connectivity index (χ1v) is 9.83. The molecular weight excluding hydrogens is 358 g/mol. The van der Waals surface area contributed by atoms with Crippen LogP contribution in [0.15, 0.2) is 60.7 Å². The van der Waals surface area contributed by atoms with E-state index in [-0.39, 0.29) is 19.8 Å².